The number of hydrogen-bond donors (Lipinski definition) is 1. The Morgan fingerprint density at radius 1 is 1.18 bits per heavy atom. The summed E-state index contributed by atoms with van der Waals surface area (Å²) in [6, 6.07) is 8.20. The van der Waals surface area contributed by atoms with Crippen LogP contribution in [0.25, 0.3) is 11.3 Å². The Labute approximate surface area is 127 Å². The number of benzene rings is 1. The number of hydrogen-bond acceptors (Lipinski definition) is 4. The number of anilines is 1. The van der Waals surface area contributed by atoms with Crippen molar-refractivity contribution in [2.45, 2.75) is 13.5 Å². The van der Waals surface area contributed by atoms with E-state index in [4.69, 9.17) is 0 Å². The van der Waals surface area contributed by atoms with Crippen LogP contribution < -0.4 is 5.32 Å². The van der Waals surface area contributed by atoms with Gasteiger partial charge in [-0.1, -0.05) is 12.1 Å². The Bertz CT molecular complexity index is 779. The standard InChI is InChI=1S/C16H16FN5/c1-11-14(10-22(2)21-11)15-7-8-18-16(20-15)19-9-12-3-5-13(17)6-4-12/h3-8,10H,9H2,1-2H3,(H,18,19,20). The van der Waals surface area contributed by atoms with Gasteiger partial charge >= 0.3 is 0 Å². The number of nitrogens with zero attached hydrogens (tertiary/aromatic N) is 4. The molecule has 3 aromatic rings. The summed E-state index contributed by atoms with van der Waals surface area (Å²) < 4.78 is 14.6. The van der Waals surface area contributed by atoms with Crippen LogP contribution >= 0.6 is 0 Å². The van der Waals surface area contributed by atoms with Gasteiger partial charge < -0.3 is 5.32 Å². The highest BCUT2D eigenvalue weighted by Gasteiger charge is 2.08. The molecule has 0 saturated heterocycles. The summed E-state index contributed by atoms with van der Waals surface area (Å²) in [6.45, 7) is 2.48. The minimum absolute atomic E-state index is 0.242. The van der Waals surface area contributed by atoms with E-state index in [-0.39, 0.29) is 5.82 Å². The summed E-state index contributed by atoms with van der Waals surface area (Å²) in [5, 5.41) is 7.46. The Morgan fingerprint density at radius 3 is 2.64 bits per heavy atom. The molecule has 112 valence electrons. The first-order valence-electron chi connectivity index (χ1n) is 6.94. The van der Waals surface area contributed by atoms with Crippen LogP contribution in [0.5, 0.6) is 0 Å². The van der Waals surface area contributed by atoms with Gasteiger partial charge in [0.15, 0.2) is 0 Å². The number of nitrogens with one attached hydrogen (secondary N) is 1. The largest absolute Gasteiger partial charge is 0.350 e. The maximum absolute atomic E-state index is 12.9. The van der Waals surface area contributed by atoms with Gasteiger partial charge in [-0.15, -0.1) is 0 Å². The van der Waals surface area contributed by atoms with E-state index in [9.17, 15) is 4.39 Å². The van der Waals surface area contributed by atoms with E-state index in [1.54, 1.807) is 23.0 Å². The molecule has 0 radical (unpaired) electrons. The average molecular weight is 297 g/mol. The lowest BCUT2D eigenvalue weighted by atomic mass is 10.2. The normalized spacial score (nSPS) is 10.7. The molecule has 0 bridgehead atoms. The van der Waals surface area contributed by atoms with E-state index in [0.29, 0.717) is 12.5 Å². The Kier molecular flexibility index (Phi) is 3.82. The smallest absolute Gasteiger partial charge is 0.223 e. The van der Waals surface area contributed by atoms with E-state index in [0.717, 1.165) is 22.5 Å². The number of halogens is 1. The fraction of sp³-hybridized carbons (Fsp3) is 0.188. The van der Waals surface area contributed by atoms with Crippen LogP contribution in [0.3, 0.4) is 0 Å². The highest BCUT2D eigenvalue weighted by molar-refractivity contribution is 5.61. The third-order valence-electron chi connectivity index (χ3n) is 3.31. The molecule has 0 amide bonds. The maximum atomic E-state index is 12.9. The van der Waals surface area contributed by atoms with Gasteiger partial charge in [-0.2, -0.15) is 5.10 Å². The molecule has 0 aliphatic carbocycles. The van der Waals surface area contributed by atoms with E-state index in [2.05, 4.69) is 20.4 Å². The topological polar surface area (TPSA) is 55.6 Å². The highest BCUT2D eigenvalue weighted by atomic mass is 19.1. The van der Waals surface area contributed by atoms with Crippen LogP contribution in [0.1, 0.15) is 11.3 Å². The summed E-state index contributed by atoms with van der Waals surface area (Å²) in [5.74, 6) is 0.291. The van der Waals surface area contributed by atoms with Crippen molar-refractivity contribution >= 4 is 5.95 Å². The van der Waals surface area contributed by atoms with Crippen LogP contribution in [0.15, 0.2) is 42.7 Å². The zero-order chi connectivity index (χ0) is 15.5. The van der Waals surface area contributed by atoms with Crippen LogP contribution in [-0.2, 0) is 13.6 Å². The summed E-state index contributed by atoms with van der Waals surface area (Å²) >= 11 is 0. The summed E-state index contributed by atoms with van der Waals surface area (Å²) in [7, 11) is 1.88. The van der Waals surface area contributed by atoms with Crippen molar-refractivity contribution in [1.82, 2.24) is 19.7 Å². The summed E-state index contributed by atoms with van der Waals surface area (Å²) in [6.07, 6.45) is 3.64. The van der Waals surface area contributed by atoms with Gasteiger partial charge in [0.05, 0.1) is 11.4 Å². The van der Waals surface area contributed by atoms with Crippen LogP contribution in [0.4, 0.5) is 10.3 Å². The minimum atomic E-state index is -0.242. The van der Waals surface area contributed by atoms with Crippen molar-refractivity contribution in [2.75, 3.05) is 5.32 Å². The molecule has 0 unspecified atom stereocenters. The van der Waals surface area contributed by atoms with Gasteiger partial charge in [0.2, 0.25) is 5.95 Å². The molecule has 0 spiro atoms. The van der Waals surface area contributed by atoms with Gasteiger partial charge in [-0.3, -0.25) is 4.68 Å². The first kappa shape index (κ1) is 14.2. The van der Waals surface area contributed by atoms with E-state index in [1.165, 1.54) is 12.1 Å². The Balaban J connectivity index is 1.76. The third-order valence-corrected chi connectivity index (χ3v) is 3.31. The highest BCUT2D eigenvalue weighted by Crippen LogP contribution is 2.20. The predicted molar refractivity (Wildman–Crippen MR) is 82.7 cm³/mol. The van der Waals surface area contributed by atoms with E-state index in [1.807, 2.05) is 26.2 Å². The molecule has 22 heavy (non-hydrogen) atoms. The Morgan fingerprint density at radius 2 is 1.95 bits per heavy atom. The summed E-state index contributed by atoms with van der Waals surface area (Å²) in [5.41, 5.74) is 3.69. The van der Waals surface area contributed by atoms with E-state index >= 15 is 0 Å². The minimum Gasteiger partial charge on any atom is -0.350 e. The number of aromatic nitrogens is 4. The first-order chi connectivity index (χ1) is 10.6. The van der Waals surface area contributed by atoms with Gasteiger partial charge in [-0.05, 0) is 30.7 Å². The van der Waals surface area contributed by atoms with Crippen LogP contribution in [0, 0.1) is 12.7 Å². The van der Waals surface area contributed by atoms with Gasteiger partial charge in [0.25, 0.3) is 0 Å². The number of aryl methyl sites for hydroxylation is 2. The molecule has 1 aromatic carbocycles. The molecule has 0 aliphatic heterocycles. The van der Waals surface area contributed by atoms with Crippen molar-refractivity contribution in [3.63, 3.8) is 0 Å². The molecule has 1 N–H and O–H groups in total. The molecule has 2 heterocycles. The summed E-state index contributed by atoms with van der Waals surface area (Å²) in [4.78, 5) is 8.71. The number of rotatable bonds is 4. The lowest BCUT2D eigenvalue weighted by Crippen LogP contribution is -2.04. The zero-order valence-electron chi connectivity index (χ0n) is 12.4. The molecule has 2 aromatic heterocycles. The molecular weight excluding hydrogens is 281 g/mol. The van der Waals surface area contributed by atoms with Gasteiger partial charge in [0.1, 0.15) is 5.82 Å². The second-order valence-electron chi connectivity index (χ2n) is 5.05. The van der Waals surface area contributed by atoms with Crippen molar-refractivity contribution in [2.24, 2.45) is 7.05 Å². The Hall–Kier alpha value is -2.76. The average Bonchev–Trinajstić information content (AvgIpc) is 2.86. The zero-order valence-corrected chi connectivity index (χ0v) is 12.4. The molecule has 0 atom stereocenters. The fourth-order valence-corrected chi connectivity index (χ4v) is 2.23. The quantitative estimate of drug-likeness (QED) is 0.804. The molecule has 0 saturated carbocycles. The fourth-order valence-electron chi connectivity index (χ4n) is 2.23. The molecule has 0 fully saturated rings. The maximum Gasteiger partial charge on any atom is 0.223 e. The second-order valence-corrected chi connectivity index (χ2v) is 5.05. The van der Waals surface area contributed by atoms with Crippen molar-refractivity contribution in [3.8, 4) is 11.3 Å². The lowest BCUT2D eigenvalue weighted by Gasteiger charge is -2.06. The van der Waals surface area contributed by atoms with E-state index < -0.39 is 0 Å². The molecule has 0 aliphatic rings. The van der Waals surface area contributed by atoms with Gasteiger partial charge in [-0.25, -0.2) is 14.4 Å². The van der Waals surface area contributed by atoms with Crippen LogP contribution in [0.2, 0.25) is 0 Å². The lowest BCUT2D eigenvalue weighted by molar-refractivity contribution is 0.627. The third kappa shape index (κ3) is 3.11. The van der Waals surface area contributed by atoms with Crippen molar-refractivity contribution in [1.29, 1.82) is 0 Å². The van der Waals surface area contributed by atoms with Crippen LogP contribution in [-0.4, -0.2) is 19.7 Å². The predicted octanol–water partition coefficient (Wildman–Crippen LogP) is 2.94. The van der Waals surface area contributed by atoms with Crippen molar-refractivity contribution < 1.29 is 4.39 Å². The molecular formula is C16H16FN5. The molecule has 5 nitrogen and oxygen atoms in total. The van der Waals surface area contributed by atoms with Crippen molar-refractivity contribution in [3.05, 3.63) is 59.8 Å². The monoisotopic (exact) mass is 297 g/mol. The molecule has 3 rings (SSSR count). The van der Waals surface area contributed by atoms with Gasteiger partial charge in [0, 0.05) is 31.5 Å². The first-order valence-corrected chi connectivity index (χ1v) is 6.94. The SMILES string of the molecule is Cc1nn(C)cc1-c1ccnc(NCc2ccc(F)cc2)n1. The second kappa shape index (κ2) is 5.93. The molecule has 6 heteroatoms.